The summed E-state index contributed by atoms with van der Waals surface area (Å²) in [6.07, 6.45) is 7.85. The monoisotopic (exact) mass is 188 g/mol. The molecule has 0 bridgehead atoms. The van der Waals surface area contributed by atoms with E-state index in [2.05, 4.69) is 24.5 Å². The van der Waals surface area contributed by atoms with Crippen molar-refractivity contribution in [3.63, 3.8) is 0 Å². The number of unbranched alkanes of at least 4 members (excludes halogenated alkanes) is 5. The van der Waals surface area contributed by atoms with Crippen LogP contribution in [0, 0.1) is 0 Å². The van der Waals surface area contributed by atoms with Crippen LogP contribution in [0.1, 0.15) is 45.4 Å². The van der Waals surface area contributed by atoms with Crippen molar-refractivity contribution < 1.29 is 0 Å². The third kappa shape index (κ3) is 9.69. The summed E-state index contributed by atoms with van der Waals surface area (Å²) in [6, 6.07) is 0. The zero-order valence-electron chi connectivity index (χ0n) is 7.94. The van der Waals surface area contributed by atoms with Crippen molar-refractivity contribution in [3.05, 3.63) is 0 Å². The van der Waals surface area contributed by atoms with Crippen LogP contribution in [0.15, 0.2) is 0 Å². The molecule has 3 heteroatoms. The molecule has 0 radical (unpaired) electrons. The molecular formula is C9H20N2S. The summed E-state index contributed by atoms with van der Waals surface area (Å²) < 4.78 is 0. The molecule has 0 unspecified atom stereocenters. The molecule has 0 aromatic rings. The highest BCUT2D eigenvalue weighted by Gasteiger charge is 1.90. The van der Waals surface area contributed by atoms with Crippen LogP contribution in [0.5, 0.6) is 0 Å². The number of hydrogen-bond donors (Lipinski definition) is 2. The van der Waals surface area contributed by atoms with Crippen molar-refractivity contribution in [1.82, 2.24) is 5.32 Å². The Morgan fingerprint density at radius 1 is 1.17 bits per heavy atom. The molecule has 0 heterocycles. The molecule has 2 nitrogen and oxygen atoms in total. The maximum atomic E-state index is 5.28. The second-order valence-electron chi connectivity index (χ2n) is 3.06. The molecule has 12 heavy (non-hydrogen) atoms. The molecule has 0 fully saturated rings. The maximum Gasteiger partial charge on any atom is 0.163 e. The van der Waals surface area contributed by atoms with Gasteiger partial charge in [-0.05, 0) is 18.6 Å². The van der Waals surface area contributed by atoms with E-state index in [9.17, 15) is 0 Å². The molecule has 0 aliphatic carbocycles. The second-order valence-corrected chi connectivity index (χ2v) is 3.50. The molecule has 0 spiro atoms. The van der Waals surface area contributed by atoms with Gasteiger partial charge in [-0.25, -0.2) is 0 Å². The minimum Gasteiger partial charge on any atom is -0.376 e. The topological polar surface area (TPSA) is 38.0 Å². The van der Waals surface area contributed by atoms with E-state index in [1.54, 1.807) is 0 Å². The van der Waals surface area contributed by atoms with Crippen LogP contribution < -0.4 is 11.1 Å². The van der Waals surface area contributed by atoms with E-state index >= 15 is 0 Å². The van der Waals surface area contributed by atoms with Crippen molar-refractivity contribution in [2.75, 3.05) is 6.54 Å². The van der Waals surface area contributed by atoms with E-state index < -0.39 is 0 Å². The van der Waals surface area contributed by atoms with Gasteiger partial charge in [-0.15, -0.1) is 0 Å². The number of nitrogens with two attached hydrogens (primary N) is 1. The SMILES string of the molecule is CCCCCCCCNC(N)=S. The normalized spacial score (nSPS) is 9.75. The lowest BCUT2D eigenvalue weighted by molar-refractivity contribution is 0.602. The van der Waals surface area contributed by atoms with Crippen LogP contribution in [0.2, 0.25) is 0 Å². The first-order chi connectivity index (χ1) is 5.77. The van der Waals surface area contributed by atoms with Crippen LogP contribution in [-0.2, 0) is 0 Å². The summed E-state index contributed by atoms with van der Waals surface area (Å²) in [5.41, 5.74) is 5.28. The molecule has 0 aromatic carbocycles. The van der Waals surface area contributed by atoms with E-state index in [4.69, 9.17) is 5.73 Å². The molecule has 0 saturated carbocycles. The quantitative estimate of drug-likeness (QED) is 0.475. The summed E-state index contributed by atoms with van der Waals surface area (Å²) in [6.45, 7) is 3.16. The first kappa shape index (κ1) is 11.7. The van der Waals surface area contributed by atoms with Gasteiger partial charge in [0.25, 0.3) is 0 Å². The van der Waals surface area contributed by atoms with Gasteiger partial charge in [-0.2, -0.15) is 0 Å². The standard InChI is InChI=1S/C9H20N2S/c1-2-3-4-5-6-7-8-11-9(10)12/h2-8H2,1H3,(H3,10,11,12). The lowest BCUT2D eigenvalue weighted by atomic mass is 10.1. The Morgan fingerprint density at radius 3 is 2.33 bits per heavy atom. The largest absolute Gasteiger partial charge is 0.376 e. The predicted octanol–water partition coefficient (Wildman–Crippen LogP) is 2.18. The van der Waals surface area contributed by atoms with Gasteiger partial charge in [0, 0.05) is 6.54 Å². The Bertz CT molecular complexity index is 115. The highest BCUT2D eigenvalue weighted by Crippen LogP contribution is 2.03. The predicted molar refractivity (Wildman–Crippen MR) is 58.2 cm³/mol. The Balaban J connectivity index is 2.86. The van der Waals surface area contributed by atoms with Crippen molar-refractivity contribution in [2.24, 2.45) is 5.73 Å². The molecule has 3 N–H and O–H groups in total. The highest BCUT2D eigenvalue weighted by atomic mass is 32.1. The summed E-state index contributed by atoms with van der Waals surface area (Å²) in [7, 11) is 0. The Morgan fingerprint density at radius 2 is 1.75 bits per heavy atom. The Labute approximate surface area is 80.9 Å². The second kappa shape index (κ2) is 8.78. The fourth-order valence-electron chi connectivity index (χ4n) is 1.12. The highest BCUT2D eigenvalue weighted by molar-refractivity contribution is 7.80. The number of rotatable bonds is 7. The maximum absolute atomic E-state index is 5.28. The third-order valence-electron chi connectivity index (χ3n) is 1.83. The number of hydrogen-bond acceptors (Lipinski definition) is 1. The lowest BCUT2D eigenvalue weighted by Crippen LogP contribution is -2.29. The van der Waals surface area contributed by atoms with Crippen molar-refractivity contribution in [1.29, 1.82) is 0 Å². The molecule has 0 atom stereocenters. The molecule has 72 valence electrons. The summed E-state index contributed by atoms with van der Waals surface area (Å²) >= 11 is 4.68. The fourth-order valence-corrected chi connectivity index (χ4v) is 1.22. The smallest absolute Gasteiger partial charge is 0.163 e. The molecule has 0 aromatic heterocycles. The van der Waals surface area contributed by atoms with Gasteiger partial charge in [0.15, 0.2) is 5.11 Å². The van der Waals surface area contributed by atoms with Crippen LogP contribution in [-0.4, -0.2) is 11.7 Å². The van der Waals surface area contributed by atoms with E-state index in [0.29, 0.717) is 5.11 Å². The van der Waals surface area contributed by atoms with E-state index in [-0.39, 0.29) is 0 Å². The van der Waals surface area contributed by atoms with Gasteiger partial charge in [-0.1, -0.05) is 39.0 Å². The van der Waals surface area contributed by atoms with Crippen molar-refractivity contribution in [2.45, 2.75) is 45.4 Å². The third-order valence-corrected chi connectivity index (χ3v) is 1.97. The zero-order valence-corrected chi connectivity index (χ0v) is 8.75. The summed E-state index contributed by atoms with van der Waals surface area (Å²) in [5.74, 6) is 0. The molecule has 0 aliphatic heterocycles. The first-order valence-corrected chi connectivity index (χ1v) is 5.21. The average molecular weight is 188 g/mol. The first-order valence-electron chi connectivity index (χ1n) is 4.80. The van der Waals surface area contributed by atoms with Gasteiger partial charge in [-0.3, -0.25) is 0 Å². The average Bonchev–Trinajstić information content (AvgIpc) is 2.02. The summed E-state index contributed by atoms with van der Waals surface area (Å²) in [4.78, 5) is 0. The number of nitrogens with one attached hydrogen (secondary N) is 1. The fraction of sp³-hybridized carbons (Fsp3) is 0.889. The van der Waals surface area contributed by atoms with Gasteiger partial charge < -0.3 is 11.1 Å². The molecular weight excluding hydrogens is 168 g/mol. The molecule has 0 aliphatic rings. The zero-order chi connectivity index (χ0) is 9.23. The molecule has 0 amide bonds. The number of thiocarbonyl (C=S) groups is 1. The minimum absolute atomic E-state index is 0.420. The van der Waals surface area contributed by atoms with Crippen LogP contribution in [0.25, 0.3) is 0 Å². The Kier molecular flexibility index (Phi) is 8.56. The van der Waals surface area contributed by atoms with Gasteiger partial charge in [0.05, 0.1) is 0 Å². The Hall–Kier alpha value is -0.310. The van der Waals surface area contributed by atoms with E-state index in [1.165, 1.54) is 38.5 Å². The minimum atomic E-state index is 0.420. The summed E-state index contributed by atoms with van der Waals surface area (Å²) in [5, 5.41) is 3.37. The van der Waals surface area contributed by atoms with Gasteiger partial charge in [0.1, 0.15) is 0 Å². The molecule has 0 saturated heterocycles. The van der Waals surface area contributed by atoms with Crippen LogP contribution in [0.3, 0.4) is 0 Å². The van der Waals surface area contributed by atoms with Crippen molar-refractivity contribution in [3.8, 4) is 0 Å². The lowest BCUT2D eigenvalue weighted by Gasteiger charge is -2.02. The molecule has 0 rings (SSSR count). The van der Waals surface area contributed by atoms with Gasteiger partial charge in [0.2, 0.25) is 0 Å². The van der Waals surface area contributed by atoms with Crippen LogP contribution >= 0.6 is 12.2 Å². The van der Waals surface area contributed by atoms with Crippen LogP contribution in [0.4, 0.5) is 0 Å². The van der Waals surface area contributed by atoms with Crippen molar-refractivity contribution >= 4 is 17.3 Å². The van der Waals surface area contributed by atoms with Gasteiger partial charge >= 0.3 is 0 Å². The van der Waals surface area contributed by atoms with E-state index in [1.807, 2.05) is 0 Å². The van der Waals surface area contributed by atoms with E-state index in [0.717, 1.165) is 6.54 Å².